The van der Waals surface area contributed by atoms with Crippen LogP contribution in [0, 0.1) is 10.1 Å². The monoisotopic (exact) mass is 455 g/mol. The minimum atomic E-state index is -0.432. The molecule has 7 nitrogen and oxygen atoms in total. The first-order chi connectivity index (χ1) is 16.2. The molecule has 2 aromatic rings. The van der Waals surface area contributed by atoms with E-state index < -0.39 is 4.92 Å². The van der Waals surface area contributed by atoms with Crippen LogP contribution in [0.15, 0.2) is 36.7 Å². The smallest absolute Gasteiger partial charge is 0.353 e. The number of hydrogen-bond donors (Lipinski definition) is 2. The lowest BCUT2D eigenvalue weighted by atomic mass is 10.0. The molecule has 0 aliphatic rings. The Kier molecular flexibility index (Phi) is 13.6. The summed E-state index contributed by atoms with van der Waals surface area (Å²) in [5, 5.41) is 17.8. The van der Waals surface area contributed by atoms with Gasteiger partial charge >= 0.3 is 5.69 Å². The second-order valence-electron chi connectivity index (χ2n) is 8.69. The first-order valence-corrected chi connectivity index (χ1v) is 12.8. The molecule has 0 spiro atoms. The quantitative estimate of drug-likeness (QED) is 0.126. The van der Waals surface area contributed by atoms with Gasteiger partial charge in [0.25, 0.3) is 0 Å². The van der Waals surface area contributed by atoms with Crippen molar-refractivity contribution >= 4 is 23.0 Å². The van der Waals surface area contributed by atoms with Crippen molar-refractivity contribution in [3.05, 3.63) is 46.8 Å². The van der Waals surface area contributed by atoms with Gasteiger partial charge in [-0.1, -0.05) is 109 Å². The fraction of sp³-hybridized carbons (Fsp3) is 0.615. The van der Waals surface area contributed by atoms with Gasteiger partial charge in [0, 0.05) is 12.2 Å². The van der Waals surface area contributed by atoms with Gasteiger partial charge in [-0.15, -0.1) is 0 Å². The predicted octanol–water partition coefficient (Wildman–Crippen LogP) is 8.02. The average Bonchev–Trinajstić information content (AvgIpc) is 2.82. The summed E-state index contributed by atoms with van der Waals surface area (Å²) in [7, 11) is 0. The maximum Gasteiger partial charge on any atom is 0.353 e. The van der Waals surface area contributed by atoms with E-state index in [0.29, 0.717) is 6.54 Å². The van der Waals surface area contributed by atoms with E-state index in [1.807, 2.05) is 30.3 Å². The van der Waals surface area contributed by atoms with Crippen molar-refractivity contribution in [2.24, 2.45) is 0 Å². The Morgan fingerprint density at radius 1 is 0.758 bits per heavy atom. The maximum atomic E-state index is 11.6. The molecular weight excluding hydrogens is 414 g/mol. The molecule has 0 amide bonds. The molecule has 0 unspecified atom stereocenters. The number of nitrogens with one attached hydrogen (secondary N) is 2. The number of rotatable bonds is 19. The van der Waals surface area contributed by atoms with Crippen molar-refractivity contribution in [1.82, 2.24) is 9.97 Å². The van der Waals surface area contributed by atoms with Crippen molar-refractivity contribution in [2.75, 3.05) is 17.2 Å². The molecule has 0 bridgehead atoms. The van der Waals surface area contributed by atoms with Crippen LogP contribution in [0.25, 0.3) is 0 Å². The number of hydrogen-bond acceptors (Lipinski definition) is 6. The first-order valence-electron chi connectivity index (χ1n) is 12.8. The molecule has 0 saturated heterocycles. The highest BCUT2D eigenvalue weighted by atomic mass is 16.6. The van der Waals surface area contributed by atoms with Crippen LogP contribution in [0.3, 0.4) is 0 Å². The molecule has 0 radical (unpaired) electrons. The molecule has 7 heteroatoms. The summed E-state index contributed by atoms with van der Waals surface area (Å²) in [6.45, 7) is 2.93. The Morgan fingerprint density at radius 2 is 1.27 bits per heavy atom. The molecule has 2 rings (SSSR count). The number of benzene rings is 1. The van der Waals surface area contributed by atoms with Crippen molar-refractivity contribution in [1.29, 1.82) is 0 Å². The molecule has 0 fully saturated rings. The lowest BCUT2D eigenvalue weighted by Gasteiger charge is -2.10. The number of unbranched alkanes of at least 4 members (excludes halogenated alkanes) is 13. The van der Waals surface area contributed by atoms with Gasteiger partial charge in [0.15, 0.2) is 0 Å². The number of para-hydroxylation sites is 1. The molecular formula is C26H41N5O2. The molecule has 0 saturated carbocycles. The number of nitro groups is 1. The van der Waals surface area contributed by atoms with E-state index in [4.69, 9.17) is 0 Å². The van der Waals surface area contributed by atoms with E-state index in [9.17, 15) is 10.1 Å². The topological polar surface area (TPSA) is 93.0 Å². The van der Waals surface area contributed by atoms with E-state index in [2.05, 4.69) is 27.5 Å². The highest BCUT2D eigenvalue weighted by molar-refractivity contribution is 5.73. The summed E-state index contributed by atoms with van der Waals surface area (Å²) in [5.74, 6) is 0.466. The molecule has 0 aliphatic heterocycles. The van der Waals surface area contributed by atoms with Crippen molar-refractivity contribution < 1.29 is 4.92 Å². The second kappa shape index (κ2) is 16.9. The summed E-state index contributed by atoms with van der Waals surface area (Å²) in [5.41, 5.74) is 0.629. The third-order valence-electron chi connectivity index (χ3n) is 5.86. The molecule has 33 heavy (non-hydrogen) atoms. The molecule has 1 heterocycles. The molecule has 0 aliphatic carbocycles. The van der Waals surface area contributed by atoms with Gasteiger partial charge in [0.05, 0.1) is 4.92 Å². The van der Waals surface area contributed by atoms with E-state index in [1.165, 1.54) is 83.4 Å². The highest BCUT2D eigenvalue weighted by Gasteiger charge is 2.22. The molecule has 0 atom stereocenters. The zero-order valence-corrected chi connectivity index (χ0v) is 20.2. The van der Waals surface area contributed by atoms with Crippen molar-refractivity contribution in [2.45, 2.75) is 96.8 Å². The van der Waals surface area contributed by atoms with E-state index in [1.54, 1.807) is 0 Å². The van der Waals surface area contributed by atoms with Crippen molar-refractivity contribution in [3.8, 4) is 0 Å². The van der Waals surface area contributed by atoms with Crippen LogP contribution in [0.1, 0.15) is 96.8 Å². The van der Waals surface area contributed by atoms with Gasteiger partial charge in [-0.2, -0.15) is 0 Å². The summed E-state index contributed by atoms with van der Waals surface area (Å²) in [6, 6.07) is 9.30. The number of anilines is 3. The molecule has 1 aromatic heterocycles. The number of nitrogens with zero attached hydrogens (tertiary/aromatic N) is 3. The average molecular weight is 456 g/mol. The van der Waals surface area contributed by atoms with Crippen LogP contribution in [0.2, 0.25) is 0 Å². The summed E-state index contributed by atoms with van der Waals surface area (Å²) in [4.78, 5) is 19.4. The Labute approximate surface area is 199 Å². The van der Waals surface area contributed by atoms with E-state index >= 15 is 0 Å². The fourth-order valence-electron chi connectivity index (χ4n) is 3.96. The second-order valence-corrected chi connectivity index (χ2v) is 8.69. The predicted molar refractivity (Wildman–Crippen MR) is 137 cm³/mol. The number of aromatic nitrogens is 2. The van der Waals surface area contributed by atoms with Crippen LogP contribution in [0.5, 0.6) is 0 Å². The standard InChI is InChI=1S/C26H41N5O2/c1-2-3-4-5-6-7-8-9-10-11-12-13-14-18-21-27-25-24(31(32)33)26(29-22-28-25)30-23-19-16-15-17-20-23/h15-17,19-20,22H,2-14,18,21H2,1H3,(H2,27,28,29,30). The van der Waals surface area contributed by atoms with Gasteiger partial charge in [0.1, 0.15) is 6.33 Å². The Hall–Kier alpha value is -2.70. The molecule has 1 aromatic carbocycles. The normalized spacial score (nSPS) is 10.8. The van der Waals surface area contributed by atoms with Crippen LogP contribution < -0.4 is 10.6 Å². The van der Waals surface area contributed by atoms with Crippen LogP contribution in [-0.4, -0.2) is 21.4 Å². The van der Waals surface area contributed by atoms with Gasteiger partial charge in [-0.05, 0) is 18.6 Å². The van der Waals surface area contributed by atoms with Crippen LogP contribution in [0.4, 0.5) is 23.0 Å². The SMILES string of the molecule is CCCCCCCCCCCCCCCCNc1ncnc(Nc2ccccc2)c1[N+](=O)[O-]. The van der Waals surface area contributed by atoms with Gasteiger partial charge < -0.3 is 10.6 Å². The Balaban J connectivity index is 1.58. The summed E-state index contributed by atoms with van der Waals surface area (Å²) >= 11 is 0. The molecule has 182 valence electrons. The summed E-state index contributed by atoms with van der Waals surface area (Å²) < 4.78 is 0. The van der Waals surface area contributed by atoms with Gasteiger partial charge in [-0.25, -0.2) is 9.97 Å². The van der Waals surface area contributed by atoms with Crippen molar-refractivity contribution in [3.63, 3.8) is 0 Å². The van der Waals surface area contributed by atoms with E-state index in [-0.39, 0.29) is 17.3 Å². The Morgan fingerprint density at radius 3 is 1.82 bits per heavy atom. The summed E-state index contributed by atoms with van der Waals surface area (Å²) in [6.07, 6.45) is 19.7. The first kappa shape index (κ1) is 26.6. The van der Waals surface area contributed by atoms with Gasteiger partial charge in [-0.3, -0.25) is 10.1 Å². The van der Waals surface area contributed by atoms with Gasteiger partial charge in [0.2, 0.25) is 11.6 Å². The Bertz CT molecular complexity index is 786. The fourth-order valence-corrected chi connectivity index (χ4v) is 3.96. The van der Waals surface area contributed by atoms with Crippen LogP contribution in [-0.2, 0) is 0 Å². The third-order valence-corrected chi connectivity index (χ3v) is 5.86. The van der Waals surface area contributed by atoms with E-state index in [0.717, 1.165) is 18.5 Å². The lowest BCUT2D eigenvalue weighted by Crippen LogP contribution is -2.09. The third kappa shape index (κ3) is 11.1. The zero-order chi connectivity index (χ0) is 23.6. The zero-order valence-electron chi connectivity index (χ0n) is 20.2. The van der Waals surface area contributed by atoms with Crippen LogP contribution >= 0.6 is 0 Å². The minimum absolute atomic E-state index is 0.119. The maximum absolute atomic E-state index is 11.6. The molecule has 2 N–H and O–H groups in total. The lowest BCUT2D eigenvalue weighted by molar-refractivity contribution is -0.383. The largest absolute Gasteiger partial charge is 0.364 e. The minimum Gasteiger partial charge on any atom is -0.364 e. The highest BCUT2D eigenvalue weighted by Crippen LogP contribution is 2.31.